The molecular weight excluding hydrogens is 318 g/mol. The van der Waals surface area contributed by atoms with Crippen molar-refractivity contribution >= 4 is 11.6 Å². The Morgan fingerprint density at radius 1 is 1.04 bits per heavy atom. The highest BCUT2D eigenvalue weighted by Gasteiger charge is 2.13. The highest BCUT2D eigenvalue weighted by Crippen LogP contribution is 2.26. The number of nitriles is 1. The molecule has 0 bridgehead atoms. The molecule has 1 heterocycles. The van der Waals surface area contributed by atoms with Crippen LogP contribution in [0.3, 0.4) is 0 Å². The first kappa shape index (κ1) is 16.7. The summed E-state index contributed by atoms with van der Waals surface area (Å²) in [5, 5.41) is 9.45. The van der Waals surface area contributed by atoms with Crippen LogP contribution in [0.1, 0.15) is 22.5 Å². The fraction of sp³-hybridized carbons (Fsp3) is 0.0952. The third kappa shape index (κ3) is 3.22. The monoisotopic (exact) mass is 334 g/mol. The van der Waals surface area contributed by atoms with Gasteiger partial charge in [0.1, 0.15) is 11.6 Å². The number of aryl methyl sites for hydroxylation is 1. The van der Waals surface area contributed by atoms with Crippen molar-refractivity contribution in [3.8, 4) is 11.8 Å². The van der Waals surface area contributed by atoms with Crippen LogP contribution in [0.25, 0.3) is 17.3 Å². The summed E-state index contributed by atoms with van der Waals surface area (Å²) in [6.07, 6.45) is 1.70. The van der Waals surface area contributed by atoms with Crippen LogP contribution in [-0.4, -0.2) is 4.57 Å². The minimum absolute atomic E-state index is 0.314. The van der Waals surface area contributed by atoms with E-state index in [9.17, 15) is 14.0 Å². The molecule has 0 N–H and O–H groups in total. The van der Waals surface area contributed by atoms with Gasteiger partial charge in [-0.05, 0) is 61.4 Å². The number of benzene rings is 2. The van der Waals surface area contributed by atoms with E-state index in [2.05, 4.69) is 6.07 Å². The van der Waals surface area contributed by atoms with E-state index >= 15 is 0 Å². The van der Waals surface area contributed by atoms with Crippen LogP contribution in [0.5, 0.6) is 0 Å². The van der Waals surface area contributed by atoms with Crippen molar-refractivity contribution in [2.75, 3.05) is 0 Å². The highest BCUT2D eigenvalue weighted by molar-refractivity contribution is 5.90. The van der Waals surface area contributed by atoms with Gasteiger partial charge in [-0.2, -0.15) is 5.26 Å². The van der Waals surface area contributed by atoms with Gasteiger partial charge in [0.25, 0.3) is 0 Å². The lowest BCUT2D eigenvalue weighted by atomic mass is 10.0. The third-order valence-electron chi connectivity index (χ3n) is 4.12. The molecule has 124 valence electrons. The topological polar surface area (TPSA) is 28.7 Å². The van der Waals surface area contributed by atoms with Crippen LogP contribution in [0.4, 0.5) is 8.78 Å². The third-order valence-corrected chi connectivity index (χ3v) is 4.12. The van der Waals surface area contributed by atoms with Crippen molar-refractivity contribution in [2.45, 2.75) is 13.8 Å². The Balaban J connectivity index is 2.12. The van der Waals surface area contributed by atoms with Gasteiger partial charge in [-0.1, -0.05) is 24.3 Å². The first-order chi connectivity index (χ1) is 12.0. The lowest BCUT2D eigenvalue weighted by Gasteiger charge is -2.10. The van der Waals surface area contributed by atoms with Crippen molar-refractivity contribution in [1.29, 1.82) is 5.26 Å². The summed E-state index contributed by atoms with van der Waals surface area (Å²) < 4.78 is 29.4. The summed E-state index contributed by atoms with van der Waals surface area (Å²) in [6, 6.07) is 16.5. The van der Waals surface area contributed by atoms with E-state index in [0.717, 1.165) is 17.0 Å². The first-order valence-electron chi connectivity index (χ1n) is 7.83. The second-order valence-electron chi connectivity index (χ2n) is 5.79. The predicted octanol–water partition coefficient (Wildman–Crippen LogP) is 5.44. The molecule has 0 aliphatic carbocycles. The molecule has 0 aliphatic heterocycles. The minimum Gasteiger partial charge on any atom is -0.315 e. The number of para-hydroxylation sites is 1. The summed E-state index contributed by atoms with van der Waals surface area (Å²) in [5.41, 5.74) is 3.78. The number of rotatable bonds is 3. The zero-order chi connectivity index (χ0) is 18.0. The van der Waals surface area contributed by atoms with E-state index in [1.807, 2.05) is 24.5 Å². The summed E-state index contributed by atoms with van der Waals surface area (Å²) in [6.45, 7) is 3.75. The lowest BCUT2D eigenvalue weighted by Crippen LogP contribution is -2.01. The van der Waals surface area contributed by atoms with Gasteiger partial charge < -0.3 is 4.57 Å². The maximum atomic E-state index is 14.2. The Labute approximate surface area is 145 Å². The number of allylic oxidation sites excluding steroid dienone is 1. The number of nitrogens with zero attached hydrogens (tertiary/aromatic N) is 2. The summed E-state index contributed by atoms with van der Waals surface area (Å²) in [5.74, 6) is -0.707. The number of halogens is 2. The second-order valence-corrected chi connectivity index (χ2v) is 5.79. The van der Waals surface area contributed by atoms with Crippen LogP contribution in [0, 0.1) is 36.8 Å². The van der Waals surface area contributed by atoms with E-state index in [1.54, 1.807) is 36.4 Å². The fourth-order valence-corrected chi connectivity index (χ4v) is 2.93. The number of hydrogen-bond donors (Lipinski definition) is 0. The zero-order valence-electron chi connectivity index (χ0n) is 13.9. The summed E-state index contributed by atoms with van der Waals surface area (Å²) in [7, 11) is 0. The first-order valence-corrected chi connectivity index (χ1v) is 7.83. The quantitative estimate of drug-likeness (QED) is 0.587. The van der Waals surface area contributed by atoms with Gasteiger partial charge in [-0.3, -0.25) is 0 Å². The molecule has 0 aliphatic rings. The molecule has 0 amide bonds. The van der Waals surface area contributed by atoms with Gasteiger partial charge in [-0.15, -0.1) is 0 Å². The SMILES string of the molecule is Cc1cc(/C=C(/C#N)c2cccc(F)c2)c(C)n1-c1ccccc1F. The van der Waals surface area contributed by atoms with E-state index in [1.165, 1.54) is 18.2 Å². The molecule has 0 atom stereocenters. The average molecular weight is 334 g/mol. The average Bonchev–Trinajstić information content (AvgIpc) is 2.87. The van der Waals surface area contributed by atoms with E-state index in [4.69, 9.17) is 0 Å². The Bertz CT molecular complexity index is 1010. The molecule has 25 heavy (non-hydrogen) atoms. The lowest BCUT2D eigenvalue weighted by molar-refractivity contribution is 0.615. The van der Waals surface area contributed by atoms with Gasteiger partial charge in [0.2, 0.25) is 0 Å². The minimum atomic E-state index is -0.393. The molecule has 0 radical (unpaired) electrons. The molecule has 0 saturated carbocycles. The van der Waals surface area contributed by atoms with Gasteiger partial charge in [-0.25, -0.2) is 8.78 Å². The van der Waals surface area contributed by atoms with Crippen LogP contribution < -0.4 is 0 Å². The Morgan fingerprint density at radius 3 is 2.48 bits per heavy atom. The molecule has 0 spiro atoms. The largest absolute Gasteiger partial charge is 0.315 e. The Kier molecular flexibility index (Phi) is 4.49. The molecule has 0 saturated heterocycles. The summed E-state index contributed by atoms with van der Waals surface area (Å²) in [4.78, 5) is 0. The highest BCUT2D eigenvalue weighted by atomic mass is 19.1. The Morgan fingerprint density at radius 2 is 1.80 bits per heavy atom. The molecule has 3 aromatic rings. The molecular formula is C21H16F2N2. The second kappa shape index (κ2) is 6.74. The predicted molar refractivity (Wildman–Crippen MR) is 95.1 cm³/mol. The molecule has 0 fully saturated rings. The molecule has 1 aromatic heterocycles. The molecule has 0 unspecified atom stereocenters. The van der Waals surface area contributed by atoms with Gasteiger partial charge >= 0.3 is 0 Å². The smallest absolute Gasteiger partial charge is 0.147 e. The van der Waals surface area contributed by atoms with Gasteiger partial charge in [0.15, 0.2) is 0 Å². The van der Waals surface area contributed by atoms with E-state index in [-0.39, 0.29) is 5.82 Å². The van der Waals surface area contributed by atoms with Gasteiger partial charge in [0, 0.05) is 11.4 Å². The van der Waals surface area contributed by atoms with Crippen molar-refractivity contribution in [3.63, 3.8) is 0 Å². The number of hydrogen-bond acceptors (Lipinski definition) is 1. The zero-order valence-corrected chi connectivity index (χ0v) is 13.9. The van der Waals surface area contributed by atoms with E-state index in [0.29, 0.717) is 16.8 Å². The standard InChI is InChI=1S/C21H16F2N2/c1-14-10-17(11-18(13-24)16-6-5-7-19(22)12-16)15(2)25(14)21-9-4-3-8-20(21)23/h3-12H,1-2H3/b18-11-. The van der Waals surface area contributed by atoms with Crippen molar-refractivity contribution < 1.29 is 8.78 Å². The molecule has 4 heteroatoms. The van der Waals surface area contributed by atoms with Crippen molar-refractivity contribution in [2.24, 2.45) is 0 Å². The van der Waals surface area contributed by atoms with Crippen molar-refractivity contribution in [3.05, 3.63) is 88.7 Å². The fourth-order valence-electron chi connectivity index (χ4n) is 2.93. The van der Waals surface area contributed by atoms with Crippen LogP contribution >= 0.6 is 0 Å². The summed E-state index contributed by atoms with van der Waals surface area (Å²) >= 11 is 0. The van der Waals surface area contributed by atoms with Crippen LogP contribution in [0.2, 0.25) is 0 Å². The maximum absolute atomic E-state index is 14.2. The van der Waals surface area contributed by atoms with Crippen LogP contribution in [-0.2, 0) is 0 Å². The number of aromatic nitrogens is 1. The van der Waals surface area contributed by atoms with Gasteiger partial charge in [0.05, 0.1) is 17.3 Å². The van der Waals surface area contributed by atoms with Crippen molar-refractivity contribution in [1.82, 2.24) is 4.57 Å². The maximum Gasteiger partial charge on any atom is 0.147 e. The Hall–Kier alpha value is -3.19. The van der Waals surface area contributed by atoms with E-state index < -0.39 is 5.82 Å². The normalized spacial score (nSPS) is 11.4. The molecule has 2 nitrogen and oxygen atoms in total. The molecule has 2 aromatic carbocycles. The molecule has 3 rings (SSSR count). The van der Waals surface area contributed by atoms with Crippen LogP contribution in [0.15, 0.2) is 54.6 Å².